The molecule has 20 heavy (non-hydrogen) atoms. The molecule has 1 fully saturated rings. The average molecular weight is 359 g/mol. The highest BCUT2D eigenvalue weighted by atomic mass is 79.9. The maximum atomic E-state index is 12.6. The quantitative estimate of drug-likeness (QED) is 0.899. The van der Waals surface area contributed by atoms with Crippen molar-refractivity contribution >= 4 is 39.1 Å². The van der Waals surface area contributed by atoms with Gasteiger partial charge in [0.05, 0.1) is 10.3 Å². The molecule has 0 spiro atoms. The third-order valence-electron chi connectivity index (χ3n) is 3.43. The van der Waals surface area contributed by atoms with Crippen molar-refractivity contribution in [1.29, 1.82) is 0 Å². The van der Waals surface area contributed by atoms with Gasteiger partial charge in [0.2, 0.25) is 11.8 Å². The van der Waals surface area contributed by atoms with Gasteiger partial charge in [-0.25, -0.2) is 0 Å². The first kappa shape index (κ1) is 15.5. The van der Waals surface area contributed by atoms with Crippen molar-refractivity contribution in [2.75, 3.05) is 0 Å². The smallest absolute Gasteiger partial charge is 0.248 e. The number of amides is 2. The monoisotopic (exact) mass is 358 g/mol. The Morgan fingerprint density at radius 3 is 2.65 bits per heavy atom. The normalized spacial score (nSPS) is 22.0. The third kappa shape index (κ3) is 3.06. The number of thiophene rings is 1. The van der Waals surface area contributed by atoms with Crippen LogP contribution in [-0.2, 0) is 16.1 Å². The molecule has 1 atom stereocenters. The summed E-state index contributed by atoms with van der Waals surface area (Å²) in [5, 5.41) is 2.83. The fourth-order valence-electron chi connectivity index (χ4n) is 2.43. The number of piperazine rings is 1. The van der Waals surface area contributed by atoms with Crippen LogP contribution in [0.4, 0.5) is 0 Å². The Kier molecular flexibility index (Phi) is 4.54. The van der Waals surface area contributed by atoms with Crippen molar-refractivity contribution in [2.24, 2.45) is 0 Å². The van der Waals surface area contributed by atoms with Crippen molar-refractivity contribution in [1.82, 2.24) is 10.2 Å². The number of nitrogens with zero attached hydrogens (tertiary/aromatic N) is 1. The zero-order valence-electron chi connectivity index (χ0n) is 11.9. The fraction of sp³-hybridized carbons (Fsp3) is 0.571. The Labute approximate surface area is 131 Å². The molecule has 0 bridgehead atoms. The predicted octanol–water partition coefficient (Wildman–Crippen LogP) is 2.92. The van der Waals surface area contributed by atoms with Gasteiger partial charge in [-0.15, -0.1) is 11.3 Å². The minimum Gasteiger partial charge on any atom is -0.340 e. The molecule has 1 saturated heterocycles. The van der Waals surface area contributed by atoms with E-state index >= 15 is 0 Å². The lowest BCUT2D eigenvalue weighted by atomic mass is 9.95. The molecule has 0 saturated carbocycles. The number of rotatable bonds is 4. The van der Waals surface area contributed by atoms with Crippen molar-refractivity contribution in [3.05, 3.63) is 20.8 Å². The maximum Gasteiger partial charge on any atom is 0.248 e. The standard InChI is InChI=1S/C14H19BrN2O2S/c1-4-5-10-12(18)16-14(2,3)13(19)17(10)8-9-6-7-11(15)20-9/h6-7,10H,4-5,8H2,1-3H3,(H,16,18). The second-order valence-electron chi connectivity index (χ2n) is 5.56. The Morgan fingerprint density at radius 2 is 2.10 bits per heavy atom. The Hall–Kier alpha value is -0.880. The Bertz CT molecular complexity index is 527. The first-order valence-corrected chi connectivity index (χ1v) is 8.33. The van der Waals surface area contributed by atoms with Gasteiger partial charge in [-0.05, 0) is 48.3 Å². The van der Waals surface area contributed by atoms with E-state index in [0.29, 0.717) is 13.0 Å². The minimum atomic E-state index is -0.824. The van der Waals surface area contributed by atoms with Crippen molar-refractivity contribution < 1.29 is 9.59 Å². The van der Waals surface area contributed by atoms with Crippen LogP contribution >= 0.6 is 27.3 Å². The van der Waals surface area contributed by atoms with Crippen LogP contribution in [0.1, 0.15) is 38.5 Å². The molecule has 2 amide bonds. The summed E-state index contributed by atoms with van der Waals surface area (Å²) in [5.74, 6) is -0.0628. The van der Waals surface area contributed by atoms with Crippen molar-refractivity contribution in [2.45, 2.75) is 51.7 Å². The molecule has 0 radical (unpaired) electrons. The lowest BCUT2D eigenvalue weighted by Gasteiger charge is -2.42. The fourth-order valence-corrected chi connectivity index (χ4v) is 3.92. The summed E-state index contributed by atoms with van der Waals surface area (Å²) in [6.45, 7) is 6.04. The van der Waals surface area contributed by atoms with E-state index in [0.717, 1.165) is 15.1 Å². The van der Waals surface area contributed by atoms with Crippen LogP contribution in [0.2, 0.25) is 0 Å². The van der Waals surface area contributed by atoms with Gasteiger partial charge in [-0.1, -0.05) is 13.3 Å². The predicted molar refractivity (Wildman–Crippen MR) is 83.5 cm³/mol. The lowest BCUT2D eigenvalue weighted by molar-refractivity contribution is -0.154. The van der Waals surface area contributed by atoms with Gasteiger partial charge in [0, 0.05) is 4.88 Å². The topological polar surface area (TPSA) is 49.4 Å². The minimum absolute atomic E-state index is 0.0138. The van der Waals surface area contributed by atoms with E-state index in [2.05, 4.69) is 21.2 Å². The summed E-state index contributed by atoms with van der Waals surface area (Å²) < 4.78 is 1.03. The summed E-state index contributed by atoms with van der Waals surface area (Å²) in [7, 11) is 0. The first-order chi connectivity index (χ1) is 9.35. The van der Waals surface area contributed by atoms with E-state index in [4.69, 9.17) is 0 Å². The molecule has 0 aromatic carbocycles. The lowest BCUT2D eigenvalue weighted by Crippen LogP contribution is -2.67. The number of halogens is 1. The van der Waals surface area contributed by atoms with Gasteiger partial charge in [0.15, 0.2) is 0 Å². The van der Waals surface area contributed by atoms with Crippen LogP contribution in [0.25, 0.3) is 0 Å². The zero-order chi connectivity index (χ0) is 14.9. The third-order valence-corrected chi connectivity index (χ3v) is 5.04. The second-order valence-corrected chi connectivity index (χ2v) is 8.11. The Morgan fingerprint density at radius 1 is 1.40 bits per heavy atom. The number of carbonyl (C=O) groups excluding carboxylic acids is 2. The van der Waals surface area contributed by atoms with Gasteiger partial charge in [-0.2, -0.15) is 0 Å². The van der Waals surface area contributed by atoms with E-state index in [1.54, 1.807) is 30.1 Å². The summed E-state index contributed by atoms with van der Waals surface area (Å²) in [6.07, 6.45) is 1.57. The first-order valence-electron chi connectivity index (χ1n) is 6.72. The maximum absolute atomic E-state index is 12.6. The van der Waals surface area contributed by atoms with E-state index in [1.165, 1.54) is 0 Å². The van der Waals surface area contributed by atoms with E-state index in [-0.39, 0.29) is 17.9 Å². The number of hydrogen-bond acceptors (Lipinski definition) is 3. The SMILES string of the molecule is CCCC1C(=O)NC(C)(C)C(=O)N1Cc1ccc(Br)s1. The van der Waals surface area contributed by atoms with Gasteiger partial charge in [0.25, 0.3) is 0 Å². The molecule has 1 aliphatic heterocycles. The Balaban J connectivity index is 2.27. The molecular weight excluding hydrogens is 340 g/mol. The second kappa shape index (κ2) is 5.85. The van der Waals surface area contributed by atoms with Gasteiger partial charge in [0.1, 0.15) is 11.6 Å². The van der Waals surface area contributed by atoms with Crippen LogP contribution in [0.5, 0.6) is 0 Å². The van der Waals surface area contributed by atoms with Crippen molar-refractivity contribution in [3.63, 3.8) is 0 Å². The van der Waals surface area contributed by atoms with E-state index in [9.17, 15) is 9.59 Å². The molecule has 1 aromatic heterocycles. The average Bonchev–Trinajstić information content (AvgIpc) is 2.76. The molecule has 2 heterocycles. The highest BCUT2D eigenvalue weighted by molar-refractivity contribution is 9.11. The molecule has 1 N–H and O–H groups in total. The highest BCUT2D eigenvalue weighted by Crippen LogP contribution is 2.27. The summed E-state index contributed by atoms with van der Waals surface area (Å²) in [6, 6.07) is 3.60. The summed E-state index contributed by atoms with van der Waals surface area (Å²) >= 11 is 5.02. The van der Waals surface area contributed by atoms with Gasteiger partial charge >= 0.3 is 0 Å². The highest BCUT2D eigenvalue weighted by Gasteiger charge is 2.44. The van der Waals surface area contributed by atoms with Crippen LogP contribution in [0.15, 0.2) is 15.9 Å². The van der Waals surface area contributed by atoms with Crippen LogP contribution in [0, 0.1) is 0 Å². The summed E-state index contributed by atoms with van der Waals surface area (Å²) in [5.41, 5.74) is -0.824. The number of nitrogens with one attached hydrogen (secondary N) is 1. The summed E-state index contributed by atoms with van der Waals surface area (Å²) in [4.78, 5) is 27.6. The van der Waals surface area contributed by atoms with Crippen LogP contribution in [0.3, 0.4) is 0 Å². The van der Waals surface area contributed by atoms with Gasteiger partial charge in [-0.3, -0.25) is 9.59 Å². The van der Waals surface area contributed by atoms with Crippen molar-refractivity contribution in [3.8, 4) is 0 Å². The largest absolute Gasteiger partial charge is 0.340 e. The molecule has 2 rings (SSSR count). The van der Waals surface area contributed by atoms with Crippen LogP contribution in [-0.4, -0.2) is 28.3 Å². The molecule has 1 aliphatic rings. The molecule has 0 aliphatic carbocycles. The number of carbonyl (C=O) groups is 2. The number of hydrogen-bond donors (Lipinski definition) is 1. The molecule has 6 heteroatoms. The zero-order valence-corrected chi connectivity index (χ0v) is 14.3. The van der Waals surface area contributed by atoms with Gasteiger partial charge < -0.3 is 10.2 Å². The molecule has 1 aromatic rings. The molecule has 1 unspecified atom stereocenters. The van der Waals surface area contributed by atoms with Crippen LogP contribution < -0.4 is 5.32 Å². The molecule has 4 nitrogen and oxygen atoms in total. The van der Waals surface area contributed by atoms with E-state index < -0.39 is 5.54 Å². The molecular formula is C14H19BrN2O2S. The molecule has 110 valence electrons. The van der Waals surface area contributed by atoms with E-state index in [1.807, 2.05) is 19.1 Å².